The van der Waals surface area contributed by atoms with Gasteiger partial charge in [-0.15, -0.1) is 0 Å². The summed E-state index contributed by atoms with van der Waals surface area (Å²) in [6.45, 7) is 2.11. The normalized spacial score (nSPS) is 12.4. The smallest absolute Gasteiger partial charge is 0.0745 e. The number of aliphatic hydroxyl groups excluding tert-OH is 1. The van der Waals surface area contributed by atoms with Gasteiger partial charge in [-0.3, -0.25) is 0 Å². The van der Waals surface area contributed by atoms with Gasteiger partial charge in [0.25, 0.3) is 0 Å². The van der Waals surface area contributed by atoms with Crippen LogP contribution in [0.2, 0.25) is 0 Å². The monoisotopic (exact) mass is 146 g/mol. The standard InChI is InChI=1S/C4H10O2.Fe/c1-4(5)3-6-2;/h4-5H,3H2,1-2H3;. The number of rotatable bonds is 2. The van der Waals surface area contributed by atoms with E-state index in [1.54, 1.807) is 14.0 Å². The summed E-state index contributed by atoms with van der Waals surface area (Å²) in [6.07, 6.45) is -0.324. The molecule has 1 N–H and O–H groups in total. The van der Waals surface area contributed by atoms with Crippen LogP contribution in [-0.2, 0) is 21.8 Å². The van der Waals surface area contributed by atoms with E-state index in [1.807, 2.05) is 0 Å². The molecule has 0 bridgehead atoms. The van der Waals surface area contributed by atoms with Gasteiger partial charge in [-0.25, -0.2) is 0 Å². The Morgan fingerprint density at radius 3 is 2.14 bits per heavy atom. The Morgan fingerprint density at radius 1 is 1.71 bits per heavy atom. The fraction of sp³-hybridized carbons (Fsp3) is 1.00. The second-order valence-corrected chi connectivity index (χ2v) is 1.30. The van der Waals surface area contributed by atoms with E-state index in [1.165, 1.54) is 0 Å². The maximum atomic E-state index is 8.43. The average Bonchev–Trinajstić information content (AvgIpc) is 1.35. The summed E-state index contributed by atoms with van der Waals surface area (Å²) in [5.41, 5.74) is 0. The van der Waals surface area contributed by atoms with Crippen LogP contribution in [-0.4, -0.2) is 24.9 Å². The molecule has 0 aromatic carbocycles. The first kappa shape index (κ1) is 10.4. The van der Waals surface area contributed by atoms with E-state index in [4.69, 9.17) is 5.11 Å². The predicted molar refractivity (Wildman–Crippen MR) is 23.6 cm³/mol. The minimum atomic E-state index is -0.324. The largest absolute Gasteiger partial charge is 0.391 e. The Bertz CT molecular complexity index is 30.9. The molecular formula is C4H10FeO2. The first-order valence-corrected chi connectivity index (χ1v) is 1.94. The van der Waals surface area contributed by atoms with Gasteiger partial charge < -0.3 is 9.84 Å². The van der Waals surface area contributed by atoms with Crippen LogP contribution in [0.15, 0.2) is 0 Å². The molecule has 46 valence electrons. The molecule has 1 atom stereocenters. The van der Waals surface area contributed by atoms with E-state index in [-0.39, 0.29) is 23.2 Å². The third-order valence-corrected chi connectivity index (χ3v) is 0.408. The van der Waals surface area contributed by atoms with Crippen molar-refractivity contribution in [1.29, 1.82) is 0 Å². The third-order valence-electron chi connectivity index (χ3n) is 0.408. The van der Waals surface area contributed by atoms with Crippen molar-refractivity contribution in [3.8, 4) is 0 Å². The number of aliphatic hydroxyl groups is 1. The van der Waals surface area contributed by atoms with Crippen molar-refractivity contribution in [3.05, 3.63) is 0 Å². The van der Waals surface area contributed by atoms with Crippen LogP contribution in [0.25, 0.3) is 0 Å². The maximum Gasteiger partial charge on any atom is 0.0745 e. The minimum absolute atomic E-state index is 0. The van der Waals surface area contributed by atoms with E-state index in [2.05, 4.69) is 4.74 Å². The molecule has 3 heteroatoms. The summed E-state index contributed by atoms with van der Waals surface area (Å²) in [5.74, 6) is 0. The Morgan fingerprint density at radius 2 is 2.14 bits per heavy atom. The number of hydrogen-bond acceptors (Lipinski definition) is 2. The van der Waals surface area contributed by atoms with Gasteiger partial charge in [-0.1, -0.05) is 0 Å². The second kappa shape index (κ2) is 6.44. The summed E-state index contributed by atoms with van der Waals surface area (Å²) in [4.78, 5) is 0. The molecule has 0 aliphatic heterocycles. The molecule has 0 saturated carbocycles. The molecule has 0 radical (unpaired) electrons. The van der Waals surface area contributed by atoms with Gasteiger partial charge in [-0.05, 0) is 6.92 Å². The van der Waals surface area contributed by atoms with E-state index in [9.17, 15) is 0 Å². The Labute approximate surface area is 54.3 Å². The van der Waals surface area contributed by atoms with Crippen LogP contribution >= 0.6 is 0 Å². The van der Waals surface area contributed by atoms with Crippen LogP contribution in [0, 0.1) is 0 Å². The molecule has 1 unspecified atom stereocenters. The van der Waals surface area contributed by atoms with Crippen molar-refractivity contribution in [2.24, 2.45) is 0 Å². The van der Waals surface area contributed by atoms with Gasteiger partial charge in [0.05, 0.1) is 12.7 Å². The molecule has 0 aliphatic rings. The molecule has 0 saturated heterocycles. The van der Waals surface area contributed by atoms with Crippen LogP contribution in [0.4, 0.5) is 0 Å². The number of methoxy groups -OCH3 is 1. The molecule has 7 heavy (non-hydrogen) atoms. The summed E-state index contributed by atoms with van der Waals surface area (Å²) in [6, 6.07) is 0. The van der Waals surface area contributed by atoms with E-state index < -0.39 is 0 Å². The van der Waals surface area contributed by atoms with Gasteiger partial charge in [0.15, 0.2) is 0 Å². The SMILES string of the molecule is COCC(C)O.[Fe]. The van der Waals surface area contributed by atoms with Crippen molar-refractivity contribution >= 4 is 0 Å². The van der Waals surface area contributed by atoms with Crippen molar-refractivity contribution < 1.29 is 26.9 Å². The molecule has 0 fully saturated rings. The molecule has 2 nitrogen and oxygen atoms in total. The third kappa shape index (κ3) is 10.7. The van der Waals surface area contributed by atoms with E-state index in [0.29, 0.717) is 6.61 Å². The first-order valence-electron chi connectivity index (χ1n) is 1.94. The van der Waals surface area contributed by atoms with Crippen LogP contribution in [0.1, 0.15) is 6.92 Å². The molecule has 0 aromatic rings. The topological polar surface area (TPSA) is 29.5 Å². The fourth-order valence-electron chi connectivity index (χ4n) is 0.241. The molecule has 0 spiro atoms. The Balaban J connectivity index is 0. The molecule has 0 aliphatic carbocycles. The molecule has 0 rings (SSSR count). The van der Waals surface area contributed by atoms with E-state index >= 15 is 0 Å². The molecular weight excluding hydrogens is 136 g/mol. The van der Waals surface area contributed by atoms with Crippen LogP contribution in [0.3, 0.4) is 0 Å². The maximum absolute atomic E-state index is 8.43. The van der Waals surface area contributed by atoms with Gasteiger partial charge in [0.2, 0.25) is 0 Å². The van der Waals surface area contributed by atoms with Crippen molar-refractivity contribution in [3.63, 3.8) is 0 Å². The van der Waals surface area contributed by atoms with Gasteiger partial charge in [0.1, 0.15) is 0 Å². The predicted octanol–water partition coefficient (Wildman–Crippen LogP) is 0.0111. The van der Waals surface area contributed by atoms with Gasteiger partial charge in [-0.2, -0.15) is 0 Å². The second-order valence-electron chi connectivity index (χ2n) is 1.30. The summed E-state index contributed by atoms with van der Waals surface area (Å²) in [5, 5.41) is 8.43. The van der Waals surface area contributed by atoms with Crippen LogP contribution < -0.4 is 0 Å². The molecule has 0 heterocycles. The summed E-state index contributed by atoms with van der Waals surface area (Å²) < 4.78 is 4.55. The quantitative estimate of drug-likeness (QED) is 0.556. The average molecular weight is 146 g/mol. The van der Waals surface area contributed by atoms with Gasteiger partial charge in [0, 0.05) is 24.2 Å². The fourth-order valence-corrected chi connectivity index (χ4v) is 0.241. The van der Waals surface area contributed by atoms with E-state index in [0.717, 1.165) is 0 Å². The zero-order valence-corrected chi connectivity index (χ0v) is 5.60. The Kier molecular flexibility index (Phi) is 9.59. The summed E-state index contributed by atoms with van der Waals surface area (Å²) >= 11 is 0. The molecule has 0 aromatic heterocycles. The first-order chi connectivity index (χ1) is 2.77. The van der Waals surface area contributed by atoms with Crippen LogP contribution in [0.5, 0.6) is 0 Å². The van der Waals surface area contributed by atoms with Crippen molar-refractivity contribution in [2.75, 3.05) is 13.7 Å². The van der Waals surface area contributed by atoms with Crippen molar-refractivity contribution in [2.45, 2.75) is 13.0 Å². The molecule has 0 amide bonds. The minimum Gasteiger partial charge on any atom is -0.391 e. The Hall–Kier alpha value is 0.439. The zero-order valence-electron chi connectivity index (χ0n) is 4.49. The number of ether oxygens (including phenoxy) is 1. The zero-order chi connectivity index (χ0) is 4.99. The summed E-state index contributed by atoms with van der Waals surface area (Å²) in [7, 11) is 1.56. The number of hydrogen-bond donors (Lipinski definition) is 1. The van der Waals surface area contributed by atoms with Crippen molar-refractivity contribution in [1.82, 2.24) is 0 Å². The van der Waals surface area contributed by atoms with Gasteiger partial charge >= 0.3 is 0 Å².